The molecule has 0 atom stereocenters. The lowest BCUT2D eigenvalue weighted by molar-refractivity contribution is 0.0470. The van der Waals surface area contributed by atoms with Gasteiger partial charge in [0.1, 0.15) is 24.3 Å². The molecule has 0 bridgehead atoms. The third-order valence-electron chi connectivity index (χ3n) is 9.76. The minimum atomic E-state index is -0.611. The van der Waals surface area contributed by atoms with Crippen molar-refractivity contribution >= 4 is 23.4 Å². The molecule has 2 aliphatic heterocycles. The zero-order chi connectivity index (χ0) is 39.5. The third-order valence-corrected chi connectivity index (χ3v) is 9.76. The van der Waals surface area contributed by atoms with Crippen molar-refractivity contribution in [3.8, 4) is 36.1 Å². The van der Waals surface area contributed by atoms with Crippen molar-refractivity contribution in [1.29, 1.82) is 0 Å². The van der Waals surface area contributed by atoms with Gasteiger partial charge >= 0.3 is 11.9 Å². The average Bonchev–Trinajstić information content (AvgIpc) is 3.78. The Labute approximate surface area is 326 Å². The number of benzene rings is 4. The van der Waals surface area contributed by atoms with Gasteiger partial charge in [-0.2, -0.15) is 0 Å². The second-order valence-electron chi connectivity index (χ2n) is 13.2. The van der Waals surface area contributed by atoms with E-state index in [-0.39, 0.29) is 37.7 Å². The van der Waals surface area contributed by atoms with E-state index in [1.54, 1.807) is 81.9 Å². The maximum atomic E-state index is 14.9. The van der Waals surface area contributed by atoms with Crippen molar-refractivity contribution in [3.05, 3.63) is 165 Å². The summed E-state index contributed by atoms with van der Waals surface area (Å²) in [6.45, 7) is 0.334. The maximum absolute atomic E-state index is 14.9. The quantitative estimate of drug-likeness (QED) is 0.0831. The highest BCUT2D eigenvalue weighted by atomic mass is 19.1. The van der Waals surface area contributed by atoms with E-state index >= 15 is 0 Å². The van der Waals surface area contributed by atoms with E-state index < -0.39 is 23.6 Å². The number of nitrogens with zero attached hydrogens (tertiary/aromatic N) is 6. The Bertz CT molecular complexity index is 2550. The molecule has 6 aromatic rings. The fraction of sp³-hybridized carbons (Fsp3) is 0.156. The average molecular weight is 759 g/mol. The zero-order valence-electron chi connectivity index (χ0n) is 30.4. The first-order valence-corrected chi connectivity index (χ1v) is 18.1. The lowest BCUT2D eigenvalue weighted by Crippen LogP contribution is -2.12. The molecule has 0 spiro atoms. The van der Waals surface area contributed by atoms with Crippen LogP contribution in [0.25, 0.3) is 11.4 Å². The van der Waals surface area contributed by atoms with Crippen LogP contribution in [0.2, 0.25) is 0 Å². The van der Waals surface area contributed by atoms with Gasteiger partial charge in [0.15, 0.2) is 11.4 Å². The predicted molar refractivity (Wildman–Crippen MR) is 209 cm³/mol. The first-order valence-electron chi connectivity index (χ1n) is 18.1. The van der Waals surface area contributed by atoms with E-state index in [4.69, 9.17) is 32.3 Å². The van der Waals surface area contributed by atoms with Crippen molar-refractivity contribution in [2.45, 2.75) is 32.4 Å². The number of rotatable bonds is 10. The fourth-order valence-electron chi connectivity index (χ4n) is 6.95. The number of hydrogen-bond acceptors (Lipinski definition) is 8. The number of unbranched alkanes of at least 4 members (excludes halogenated alkanes) is 2. The largest absolute Gasteiger partial charge is 0.461 e. The van der Waals surface area contributed by atoms with E-state index in [9.17, 15) is 18.4 Å². The highest BCUT2D eigenvalue weighted by Crippen LogP contribution is 2.30. The molecule has 0 N–H and O–H groups in total. The minimum absolute atomic E-state index is 0.0534. The van der Waals surface area contributed by atoms with Gasteiger partial charge < -0.3 is 9.47 Å². The summed E-state index contributed by atoms with van der Waals surface area (Å²) in [5.41, 5.74) is 6.42. The number of hydrogen-bond donors (Lipinski definition) is 0. The van der Waals surface area contributed by atoms with Crippen LogP contribution in [0.15, 0.2) is 108 Å². The van der Waals surface area contributed by atoms with Crippen LogP contribution in [0.4, 0.5) is 8.78 Å². The third kappa shape index (κ3) is 7.01. The Kier molecular flexibility index (Phi) is 10.1. The number of esters is 2. The number of halogens is 2. The highest BCUT2D eigenvalue weighted by Gasteiger charge is 2.28. The lowest BCUT2D eigenvalue weighted by Gasteiger charge is -2.13. The summed E-state index contributed by atoms with van der Waals surface area (Å²) < 4.78 is 44.6. The molecular weight excluding hydrogens is 727 g/mol. The van der Waals surface area contributed by atoms with Crippen LogP contribution in [0.5, 0.6) is 0 Å². The van der Waals surface area contributed by atoms with Gasteiger partial charge in [0.2, 0.25) is 0 Å². The predicted octanol–water partition coefficient (Wildman–Crippen LogP) is 7.18. The number of imidazole rings is 2. The van der Waals surface area contributed by atoms with Crippen molar-refractivity contribution in [2.24, 2.45) is 9.98 Å². The van der Waals surface area contributed by atoms with Gasteiger partial charge in [0.25, 0.3) is 0 Å². The smallest absolute Gasteiger partial charge is 0.358 e. The van der Waals surface area contributed by atoms with E-state index in [1.165, 1.54) is 24.8 Å². The van der Waals surface area contributed by atoms with Gasteiger partial charge in [0, 0.05) is 33.4 Å². The van der Waals surface area contributed by atoms with Crippen LogP contribution < -0.4 is 0 Å². The zero-order valence-corrected chi connectivity index (χ0v) is 30.4. The number of carbonyl (C=O) groups is 2. The summed E-state index contributed by atoms with van der Waals surface area (Å²) in [7, 11) is 0. The van der Waals surface area contributed by atoms with Gasteiger partial charge in [-0.3, -0.25) is 19.1 Å². The van der Waals surface area contributed by atoms with Crippen molar-refractivity contribution in [3.63, 3.8) is 0 Å². The standard InChI is InChI=1S/C45H32F2N6O4/c1-3-28-16-18-36-32(22-28)40(30-12-6-8-14-34(30)46)48-24-38-42(50-26-52(36)38)44(54)56-20-10-5-11-21-57-45(55)43-39-25-49-41(31-13-7-9-15-35(31)47)33-23-29(4-2)17-19-37(33)53(39)27-51-43/h1-2,6-9,12-19,22-23,26-27H,5,10-11,20-21,24-25H2. The summed E-state index contributed by atoms with van der Waals surface area (Å²) in [6.07, 6.45) is 16.0. The van der Waals surface area contributed by atoms with E-state index in [0.29, 0.717) is 86.8 Å². The van der Waals surface area contributed by atoms with Crippen LogP contribution >= 0.6 is 0 Å². The molecule has 8 rings (SSSR count). The van der Waals surface area contributed by atoms with Crippen LogP contribution in [0.1, 0.15) is 85.0 Å². The monoisotopic (exact) mass is 758 g/mol. The molecule has 4 aromatic carbocycles. The molecule has 280 valence electrons. The Morgan fingerprint density at radius 3 is 1.47 bits per heavy atom. The van der Waals surface area contributed by atoms with Crippen molar-refractivity contribution < 1.29 is 27.8 Å². The first kappa shape index (κ1) is 36.5. The normalized spacial score (nSPS) is 12.6. The number of terminal acetylenes is 2. The molecule has 0 fully saturated rings. The molecule has 0 saturated heterocycles. The minimum Gasteiger partial charge on any atom is -0.461 e. The Morgan fingerprint density at radius 2 is 1.05 bits per heavy atom. The van der Waals surface area contributed by atoms with Gasteiger partial charge in [-0.1, -0.05) is 36.1 Å². The highest BCUT2D eigenvalue weighted by molar-refractivity contribution is 6.16. The lowest BCUT2D eigenvalue weighted by atomic mass is 9.98. The van der Waals surface area contributed by atoms with Crippen LogP contribution in [-0.4, -0.2) is 55.7 Å². The van der Waals surface area contributed by atoms with Crippen LogP contribution in [0, 0.1) is 36.3 Å². The van der Waals surface area contributed by atoms with Crippen LogP contribution in [0.3, 0.4) is 0 Å². The molecule has 0 radical (unpaired) electrons. The molecule has 2 aliphatic rings. The second kappa shape index (κ2) is 15.7. The number of aliphatic imine (C=N–C) groups is 2. The Hall–Kier alpha value is -7.44. The topological polar surface area (TPSA) is 113 Å². The summed E-state index contributed by atoms with van der Waals surface area (Å²) in [4.78, 5) is 44.6. The maximum Gasteiger partial charge on any atom is 0.358 e. The molecule has 0 amide bonds. The number of ether oxygens (including phenoxy) is 2. The van der Waals surface area contributed by atoms with E-state index in [1.807, 2.05) is 0 Å². The SMILES string of the molecule is C#Cc1ccc2c(c1)C(c1ccccc1F)=NCc1c(C(=O)OCCCCCOC(=O)c3ncn4c3CN=C(c3ccccc3F)c3cc(C#C)ccc3-4)ncn1-2. The number of carbonyl (C=O) groups excluding carboxylic acids is 2. The first-order chi connectivity index (χ1) is 27.9. The van der Waals surface area contributed by atoms with Crippen molar-refractivity contribution in [1.82, 2.24) is 19.1 Å². The molecule has 12 heteroatoms. The van der Waals surface area contributed by atoms with E-state index in [2.05, 4.69) is 21.8 Å². The summed E-state index contributed by atoms with van der Waals surface area (Å²) in [5.74, 6) is 3.15. The molecule has 0 saturated carbocycles. The molecule has 0 unspecified atom stereocenters. The second-order valence-corrected chi connectivity index (χ2v) is 13.2. The Morgan fingerprint density at radius 1 is 0.614 bits per heavy atom. The molecule has 57 heavy (non-hydrogen) atoms. The summed E-state index contributed by atoms with van der Waals surface area (Å²) in [6, 6.07) is 23.4. The number of aromatic nitrogens is 4. The van der Waals surface area contributed by atoms with Gasteiger partial charge in [-0.25, -0.2) is 28.3 Å². The molecular formula is C45H32F2N6O4. The van der Waals surface area contributed by atoms with Crippen molar-refractivity contribution in [2.75, 3.05) is 13.2 Å². The van der Waals surface area contributed by atoms with Gasteiger partial charge in [-0.15, -0.1) is 12.8 Å². The van der Waals surface area contributed by atoms with Gasteiger partial charge in [-0.05, 0) is 79.9 Å². The number of fused-ring (bicyclic) bond motifs is 6. The molecule has 10 nitrogen and oxygen atoms in total. The molecule has 2 aromatic heterocycles. The van der Waals surface area contributed by atoms with E-state index in [0.717, 1.165) is 0 Å². The Balaban J connectivity index is 0.885. The summed E-state index contributed by atoms with van der Waals surface area (Å²) in [5, 5.41) is 0. The fourth-order valence-corrected chi connectivity index (χ4v) is 6.95. The summed E-state index contributed by atoms with van der Waals surface area (Å²) >= 11 is 0. The molecule has 4 heterocycles. The van der Waals surface area contributed by atoms with Gasteiger partial charge in [0.05, 0.1) is 60.5 Å². The van der Waals surface area contributed by atoms with Crippen LogP contribution in [-0.2, 0) is 22.6 Å². The molecule has 0 aliphatic carbocycles.